The molecule has 3 heteroatoms. The molecule has 1 aromatic heterocycles. The number of para-hydroxylation sites is 1. The molecule has 0 saturated heterocycles. The van der Waals surface area contributed by atoms with Crippen molar-refractivity contribution in [3.05, 3.63) is 48.3 Å². The van der Waals surface area contributed by atoms with Gasteiger partial charge in [0.15, 0.2) is 0 Å². The predicted octanol–water partition coefficient (Wildman–Crippen LogP) is 3.71. The van der Waals surface area contributed by atoms with Crippen LogP contribution >= 0.6 is 0 Å². The van der Waals surface area contributed by atoms with Crippen molar-refractivity contribution in [2.24, 2.45) is 5.92 Å². The number of benzene rings is 1. The summed E-state index contributed by atoms with van der Waals surface area (Å²) in [6, 6.07) is 13.0. The third-order valence-electron chi connectivity index (χ3n) is 4.29. The molecule has 1 aliphatic rings. The first-order valence-electron chi connectivity index (χ1n) is 7.73. The lowest BCUT2D eigenvalue weighted by Gasteiger charge is -2.25. The van der Waals surface area contributed by atoms with Crippen LogP contribution in [-0.4, -0.2) is 16.3 Å². The lowest BCUT2D eigenvalue weighted by molar-refractivity contribution is 0.361. The molecule has 3 nitrogen and oxygen atoms in total. The van der Waals surface area contributed by atoms with Gasteiger partial charge in [-0.3, -0.25) is 0 Å². The number of hydrogen-bond donors (Lipinski definition) is 1. The topological polar surface area (TPSA) is 29.9 Å². The molecule has 0 bridgehead atoms. The highest BCUT2D eigenvalue weighted by Gasteiger charge is 2.28. The number of aromatic nitrogens is 2. The maximum absolute atomic E-state index is 4.54. The maximum atomic E-state index is 4.54. The largest absolute Gasteiger partial charge is 0.309 e. The Morgan fingerprint density at radius 1 is 1.20 bits per heavy atom. The number of nitrogens with zero attached hydrogens (tertiary/aromatic N) is 2. The standard InChI is InChI=1S/C17H23N3/c1-2-18-17(14-8-6-7-9-14)16-12-13-19-20(16)15-10-4-3-5-11-15/h3-5,10-14,17-18H,2,6-9H2,1H3. The van der Waals surface area contributed by atoms with Crippen LogP contribution in [0.2, 0.25) is 0 Å². The van der Waals surface area contributed by atoms with Gasteiger partial charge in [0, 0.05) is 6.20 Å². The Balaban J connectivity index is 1.93. The molecule has 1 atom stereocenters. The third kappa shape index (κ3) is 2.63. The molecular weight excluding hydrogens is 246 g/mol. The molecule has 1 unspecified atom stereocenters. The molecule has 2 aromatic rings. The predicted molar refractivity (Wildman–Crippen MR) is 81.9 cm³/mol. The molecule has 1 aromatic carbocycles. The fourth-order valence-corrected chi connectivity index (χ4v) is 3.36. The van der Waals surface area contributed by atoms with Crippen molar-refractivity contribution in [2.45, 2.75) is 38.6 Å². The summed E-state index contributed by atoms with van der Waals surface area (Å²) in [5.74, 6) is 0.745. The van der Waals surface area contributed by atoms with E-state index in [1.54, 1.807) is 0 Å². The second-order valence-corrected chi connectivity index (χ2v) is 5.58. The van der Waals surface area contributed by atoms with Gasteiger partial charge in [-0.25, -0.2) is 4.68 Å². The third-order valence-corrected chi connectivity index (χ3v) is 4.29. The highest BCUT2D eigenvalue weighted by Crippen LogP contribution is 2.36. The van der Waals surface area contributed by atoms with E-state index in [4.69, 9.17) is 0 Å². The van der Waals surface area contributed by atoms with Gasteiger partial charge in [0.05, 0.1) is 17.4 Å². The number of hydrogen-bond acceptors (Lipinski definition) is 2. The lowest BCUT2D eigenvalue weighted by atomic mass is 9.95. The minimum absolute atomic E-state index is 0.421. The SMILES string of the molecule is CCNC(c1ccnn1-c1ccccc1)C1CCCC1. The molecule has 0 radical (unpaired) electrons. The summed E-state index contributed by atoms with van der Waals surface area (Å²) < 4.78 is 2.09. The summed E-state index contributed by atoms with van der Waals surface area (Å²) in [6.07, 6.45) is 7.31. The number of rotatable bonds is 5. The monoisotopic (exact) mass is 269 g/mol. The van der Waals surface area contributed by atoms with Crippen molar-refractivity contribution in [3.63, 3.8) is 0 Å². The molecular formula is C17H23N3. The molecule has 3 rings (SSSR count). The number of nitrogens with one attached hydrogen (secondary N) is 1. The van der Waals surface area contributed by atoms with Gasteiger partial charge in [-0.2, -0.15) is 5.10 Å². The summed E-state index contributed by atoms with van der Waals surface area (Å²) in [7, 11) is 0. The van der Waals surface area contributed by atoms with E-state index in [1.165, 1.54) is 31.4 Å². The van der Waals surface area contributed by atoms with Gasteiger partial charge >= 0.3 is 0 Å². The normalized spacial score (nSPS) is 17.4. The van der Waals surface area contributed by atoms with Gasteiger partial charge < -0.3 is 5.32 Å². The second-order valence-electron chi connectivity index (χ2n) is 5.58. The summed E-state index contributed by atoms with van der Waals surface area (Å²) in [5.41, 5.74) is 2.44. The van der Waals surface area contributed by atoms with Gasteiger partial charge in [-0.15, -0.1) is 0 Å². The van der Waals surface area contributed by atoms with E-state index < -0.39 is 0 Å². The van der Waals surface area contributed by atoms with E-state index in [9.17, 15) is 0 Å². The quantitative estimate of drug-likeness (QED) is 0.896. The molecule has 1 saturated carbocycles. The molecule has 1 fully saturated rings. The van der Waals surface area contributed by atoms with Crippen molar-refractivity contribution < 1.29 is 0 Å². The zero-order valence-corrected chi connectivity index (χ0v) is 12.1. The van der Waals surface area contributed by atoms with Crippen molar-refractivity contribution in [1.29, 1.82) is 0 Å². The van der Waals surface area contributed by atoms with E-state index in [2.05, 4.69) is 52.4 Å². The summed E-state index contributed by atoms with van der Waals surface area (Å²) in [4.78, 5) is 0. The molecule has 1 heterocycles. The molecule has 0 aliphatic heterocycles. The van der Waals surface area contributed by atoms with E-state index in [-0.39, 0.29) is 0 Å². The minimum atomic E-state index is 0.421. The van der Waals surface area contributed by atoms with Crippen LogP contribution in [0.3, 0.4) is 0 Å². The van der Waals surface area contributed by atoms with Crippen LogP contribution in [0.25, 0.3) is 5.69 Å². The van der Waals surface area contributed by atoms with Crippen molar-refractivity contribution in [3.8, 4) is 5.69 Å². The van der Waals surface area contributed by atoms with Gasteiger partial charge in [0.25, 0.3) is 0 Å². The average molecular weight is 269 g/mol. The van der Waals surface area contributed by atoms with Crippen LogP contribution in [0.1, 0.15) is 44.3 Å². The van der Waals surface area contributed by atoms with Crippen molar-refractivity contribution in [1.82, 2.24) is 15.1 Å². The second kappa shape index (κ2) is 6.23. The van der Waals surface area contributed by atoms with Crippen LogP contribution in [0.4, 0.5) is 0 Å². The van der Waals surface area contributed by atoms with Crippen LogP contribution in [0.5, 0.6) is 0 Å². The first-order chi connectivity index (χ1) is 9.90. The van der Waals surface area contributed by atoms with Gasteiger partial charge in [0.2, 0.25) is 0 Å². The van der Waals surface area contributed by atoms with Gasteiger partial charge in [-0.05, 0) is 43.5 Å². The highest BCUT2D eigenvalue weighted by atomic mass is 15.3. The summed E-state index contributed by atoms with van der Waals surface area (Å²) >= 11 is 0. The van der Waals surface area contributed by atoms with Crippen molar-refractivity contribution in [2.75, 3.05) is 6.54 Å². The molecule has 1 N–H and O–H groups in total. The van der Waals surface area contributed by atoms with E-state index in [0.717, 1.165) is 18.2 Å². The molecule has 0 spiro atoms. The van der Waals surface area contributed by atoms with Crippen LogP contribution in [0, 0.1) is 5.92 Å². The Bertz CT molecular complexity index is 526. The van der Waals surface area contributed by atoms with E-state index in [0.29, 0.717) is 6.04 Å². The van der Waals surface area contributed by atoms with Crippen LogP contribution in [0.15, 0.2) is 42.6 Å². The van der Waals surface area contributed by atoms with Crippen LogP contribution in [-0.2, 0) is 0 Å². The van der Waals surface area contributed by atoms with Gasteiger partial charge in [0.1, 0.15) is 0 Å². The summed E-state index contributed by atoms with van der Waals surface area (Å²) in [6.45, 7) is 3.19. The first kappa shape index (κ1) is 13.4. The highest BCUT2D eigenvalue weighted by molar-refractivity contribution is 5.33. The van der Waals surface area contributed by atoms with Gasteiger partial charge in [-0.1, -0.05) is 38.0 Å². The Labute approximate surface area is 121 Å². The Morgan fingerprint density at radius 3 is 2.65 bits per heavy atom. The van der Waals surface area contributed by atoms with Crippen LogP contribution < -0.4 is 5.32 Å². The zero-order chi connectivity index (χ0) is 13.8. The molecule has 0 amide bonds. The fourth-order valence-electron chi connectivity index (χ4n) is 3.36. The molecule has 106 valence electrons. The first-order valence-corrected chi connectivity index (χ1v) is 7.73. The van der Waals surface area contributed by atoms with E-state index in [1.807, 2.05) is 12.3 Å². The minimum Gasteiger partial charge on any atom is -0.309 e. The lowest BCUT2D eigenvalue weighted by Crippen LogP contribution is -2.29. The fraction of sp³-hybridized carbons (Fsp3) is 0.471. The Hall–Kier alpha value is -1.61. The Morgan fingerprint density at radius 2 is 1.95 bits per heavy atom. The summed E-state index contributed by atoms with van der Waals surface area (Å²) in [5, 5.41) is 8.21. The Kier molecular flexibility index (Phi) is 4.16. The zero-order valence-electron chi connectivity index (χ0n) is 12.1. The smallest absolute Gasteiger partial charge is 0.0649 e. The van der Waals surface area contributed by atoms with E-state index >= 15 is 0 Å². The van der Waals surface area contributed by atoms with Crippen molar-refractivity contribution >= 4 is 0 Å². The maximum Gasteiger partial charge on any atom is 0.0649 e. The molecule has 1 aliphatic carbocycles. The average Bonchev–Trinajstić information content (AvgIpc) is 3.17. The molecule has 20 heavy (non-hydrogen) atoms.